The fourth-order valence-electron chi connectivity index (χ4n) is 3.25. The quantitative estimate of drug-likeness (QED) is 0.372. The molecule has 0 spiro atoms. The molecular formula is C24H21F2N3O2. The number of anilines is 1. The van der Waals surface area contributed by atoms with Gasteiger partial charge in [0.15, 0.2) is 0 Å². The number of hydrogen-bond donors (Lipinski definition) is 1. The summed E-state index contributed by atoms with van der Waals surface area (Å²) in [6.07, 6.45) is 0.464. The summed E-state index contributed by atoms with van der Waals surface area (Å²) in [5, 5.41) is 11.5. The zero-order valence-electron chi connectivity index (χ0n) is 16.8. The Labute approximate surface area is 178 Å². The van der Waals surface area contributed by atoms with Crippen molar-refractivity contribution in [3.8, 4) is 17.2 Å². The van der Waals surface area contributed by atoms with E-state index in [0.29, 0.717) is 23.8 Å². The number of nitrogens with one attached hydrogen (secondary N) is 1. The molecule has 0 bridgehead atoms. The van der Waals surface area contributed by atoms with Crippen molar-refractivity contribution in [2.24, 2.45) is 0 Å². The highest BCUT2D eigenvalue weighted by molar-refractivity contribution is 5.54. The second-order valence-electron chi connectivity index (χ2n) is 7.04. The van der Waals surface area contributed by atoms with Gasteiger partial charge in [0.05, 0.1) is 0 Å². The summed E-state index contributed by atoms with van der Waals surface area (Å²) in [7, 11) is 0. The first kappa shape index (κ1) is 20.5. The number of ether oxygens (including phenoxy) is 1. The summed E-state index contributed by atoms with van der Waals surface area (Å²) in [5.74, 6) is 1.02. The van der Waals surface area contributed by atoms with Crippen LogP contribution in [0, 0.1) is 0 Å². The lowest BCUT2D eigenvalue weighted by molar-refractivity contribution is -0.0503. The van der Waals surface area contributed by atoms with Crippen molar-refractivity contribution in [2.45, 2.75) is 26.0 Å². The molecule has 158 valence electrons. The van der Waals surface area contributed by atoms with Gasteiger partial charge in [0, 0.05) is 23.2 Å². The summed E-state index contributed by atoms with van der Waals surface area (Å²) < 4.78 is 36.2. The molecule has 0 saturated heterocycles. The first-order chi connectivity index (χ1) is 15.1. The van der Waals surface area contributed by atoms with Gasteiger partial charge in [-0.05, 0) is 42.8 Å². The highest BCUT2D eigenvalue weighted by atomic mass is 19.3. The summed E-state index contributed by atoms with van der Waals surface area (Å²) in [5.41, 5.74) is 3.22. The third-order valence-electron chi connectivity index (χ3n) is 4.73. The zero-order valence-corrected chi connectivity index (χ0v) is 16.8. The van der Waals surface area contributed by atoms with E-state index in [9.17, 15) is 8.78 Å². The van der Waals surface area contributed by atoms with Gasteiger partial charge in [0.2, 0.25) is 11.8 Å². The van der Waals surface area contributed by atoms with E-state index in [-0.39, 0.29) is 11.8 Å². The van der Waals surface area contributed by atoms with Gasteiger partial charge in [-0.2, -0.15) is 8.78 Å². The molecule has 1 heterocycles. The van der Waals surface area contributed by atoms with E-state index in [2.05, 4.69) is 15.5 Å². The van der Waals surface area contributed by atoms with Crippen LogP contribution in [0.4, 0.5) is 14.5 Å². The number of benzene rings is 3. The number of nitrogens with zero attached hydrogens (tertiary/aromatic N) is 2. The van der Waals surface area contributed by atoms with Gasteiger partial charge >= 0.3 is 6.61 Å². The van der Waals surface area contributed by atoms with E-state index in [4.69, 9.17) is 9.15 Å². The first-order valence-corrected chi connectivity index (χ1v) is 9.85. The van der Waals surface area contributed by atoms with E-state index in [1.54, 1.807) is 18.2 Å². The Kier molecular flexibility index (Phi) is 6.21. The lowest BCUT2D eigenvalue weighted by Crippen LogP contribution is -2.09. The summed E-state index contributed by atoms with van der Waals surface area (Å²) >= 11 is 0. The molecule has 5 nitrogen and oxygen atoms in total. The van der Waals surface area contributed by atoms with E-state index in [1.807, 2.05) is 67.6 Å². The topological polar surface area (TPSA) is 60.2 Å². The Bertz CT molecular complexity index is 1120. The molecule has 0 unspecified atom stereocenters. The largest absolute Gasteiger partial charge is 0.435 e. The molecule has 7 heteroatoms. The lowest BCUT2D eigenvalue weighted by atomic mass is 10.0. The van der Waals surface area contributed by atoms with Crippen LogP contribution in [0.25, 0.3) is 11.5 Å². The van der Waals surface area contributed by atoms with Gasteiger partial charge in [0.1, 0.15) is 11.8 Å². The third-order valence-corrected chi connectivity index (χ3v) is 4.73. The van der Waals surface area contributed by atoms with E-state index < -0.39 is 6.61 Å². The predicted molar refractivity (Wildman–Crippen MR) is 114 cm³/mol. The van der Waals surface area contributed by atoms with Crippen molar-refractivity contribution in [1.29, 1.82) is 0 Å². The zero-order chi connectivity index (χ0) is 21.6. The van der Waals surface area contributed by atoms with Crippen LogP contribution in [-0.4, -0.2) is 16.8 Å². The highest BCUT2D eigenvalue weighted by Crippen LogP contribution is 2.29. The molecule has 31 heavy (non-hydrogen) atoms. The van der Waals surface area contributed by atoms with Crippen molar-refractivity contribution in [2.75, 3.05) is 5.32 Å². The molecule has 0 fully saturated rings. The van der Waals surface area contributed by atoms with Gasteiger partial charge < -0.3 is 14.5 Å². The summed E-state index contributed by atoms with van der Waals surface area (Å²) in [6, 6.07) is 23.9. The van der Waals surface area contributed by atoms with Crippen LogP contribution >= 0.6 is 0 Å². The van der Waals surface area contributed by atoms with Crippen LogP contribution in [-0.2, 0) is 6.42 Å². The Morgan fingerprint density at radius 2 is 1.65 bits per heavy atom. The predicted octanol–water partition coefficient (Wildman–Crippen LogP) is 6.10. The number of hydrogen-bond acceptors (Lipinski definition) is 5. The Morgan fingerprint density at radius 3 is 2.35 bits per heavy atom. The van der Waals surface area contributed by atoms with E-state index >= 15 is 0 Å². The third kappa shape index (κ3) is 5.25. The molecule has 0 aliphatic rings. The van der Waals surface area contributed by atoms with Crippen LogP contribution in [0.5, 0.6) is 5.75 Å². The minimum Gasteiger partial charge on any atom is -0.435 e. The second kappa shape index (κ2) is 9.38. The molecule has 4 rings (SSSR count). The van der Waals surface area contributed by atoms with Crippen LogP contribution in [0.1, 0.15) is 30.0 Å². The lowest BCUT2D eigenvalue weighted by Gasteiger charge is -2.16. The average molecular weight is 421 g/mol. The molecule has 1 aromatic heterocycles. The SMILES string of the molecule is C[C@@H](Nc1ccc(OC(F)F)c(Cc2ccccc2)c1)c1nnc(-c2ccccc2)o1. The van der Waals surface area contributed by atoms with Crippen LogP contribution in [0.3, 0.4) is 0 Å². The van der Waals surface area contributed by atoms with Gasteiger partial charge in [0.25, 0.3) is 0 Å². The average Bonchev–Trinajstić information content (AvgIpc) is 3.27. The monoisotopic (exact) mass is 421 g/mol. The van der Waals surface area contributed by atoms with Crippen LogP contribution < -0.4 is 10.1 Å². The smallest absolute Gasteiger partial charge is 0.387 e. The first-order valence-electron chi connectivity index (χ1n) is 9.85. The molecule has 0 amide bonds. The van der Waals surface area contributed by atoms with Crippen molar-refractivity contribution in [3.05, 3.63) is 95.9 Å². The molecule has 0 aliphatic carbocycles. The van der Waals surface area contributed by atoms with Crippen molar-refractivity contribution in [3.63, 3.8) is 0 Å². The summed E-state index contributed by atoms with van der Waals surface area (Å²) in [6.45, 7) is -0.995. The molecule has 1 atom stereocenters. The van der Waals surface area contributed by atoms with E-state index in [1.165, 1.54) is 0 Å². The minimum atomic E-state index is -2.89. The highest BCUT2D eigenvalue weighted by Gasteiger charge is 2.17. The number of alkyl halides is 2. The molecule has 3 aromatic carbocycles. The molecular weight excluding hydrogens is 400 g/mol. The Morgan fingerprint density at radius 1 is 0.935 bits per heavy atom. The molecule has 0 radical (unpaired) electrons. The Balaban J connectivity index is 1.54. The minimum absolute atomic E-state index is 0.154. The van der Waals surface area contributed by atoms with Crippen molar-refractivity contribution < 1.29 is 17.9 Å². The Hall–Kier alpha value is -3.74. The fourth-order valence-corrected chi connectivity index (χ4v) is 3.25. The molecule has 4 aromatic rings. The van der Waals surface area contributed by atoms with E-state index in [0.717, 1.165) is 16.8 Å². The number of aromatic nitrogens is 2. The summed E-state index contributed by atoms with van der Waals surface area (Å²) in [4.78, 5) is 0. The molecule has 0 saturated carbocycles. The van der Waals surface area contributed by atoms with Crippen molar-refractivity contribution in [1.82, 2.24) is 10.2 Å². The molecule has 0 aliphatic heterocycles. The van der Waals surface area contributed by atoms with Gasteiger partial charge in [-0.1, -0.05) is 48.5 Å². The maximum Gasteiger partial charge on any atom is 0.387 e. The van der Waals surface area contributed by atoms with Crippen molar-refractivity contribution >= 4 is 5.69 Å². The normalized spacial score (nSPS) is 12.0. The number of halogens is 2. The van der Waals surface area contributed by atoms with Gasteiger partial charge in [-0.25, -0.2) is 0 Å². The van der Waals surface area contributed by atoms with Crippen LogP contribution in [0.2, 0.25) is 0 Å². The van der Waals surface area contributed by atoms with Gasteiger partial charge in [-0.15, -0.1) is 10.2 Å². The van der Waals surface area contributed by atoms with Gasteiger partial charge in [-0.3, -0.25) is 0 Å². The fraction of sp³-hybridized carbons (Fsp3) is 0.167. The molecule has 1 N–H and O–H groups in total. The maximum absolute atomic E-state index is 12.8. The number of rotatable bonds is 8. The maximum atomic E-state index is 12.8. The standard InChI is InChI=1S/C24H21F2N3O2/c1-16(22-28-29-23(31-22)18-10-6-3-7-11-18)27-20-12-13-21(30-24(25)26)19(15-20)14-17-8-4-2-5-9-17/h2-13,15-16,24,27H,14H2,1H3/t16-/m1/s1. The van der Waals surface area contributed by atoms with Crippen LogP contribution in [0.15, 0.2) is 83.3 Å². The second-order valence-corrected chi connectivity index (χ2v) is 7.04.